The van der Waals surface area contributed by atoms with Crippen LogP contribution >= 0.6 is 35.0 Å². The van der Waals surface area contributed by atoms with E-state index in [9.17, 15) is 0 Å². The molecule has 0 radical (unpaired) electrons. The van der Waals surface area contributed by atoms with Crippen LogP contribution in [0.15, 0.2) is 17.0 Å². The van der Waals surface area contributed by atoms with E-state index in [-0.39, 0.29) is 11.9 Å². The van der Waals surface area contributed by atoms with E-state index in [4.69, 9.17) is 33.0 Å². The third-order valence-corrected chi connectivity index (χ3v) is 3.94. The number of thioether (sulfide) groups is 1. The zero-order valence-electron chi connectivity index (χ0n) is 8.46. The highest BCUT2D eigenvalue weighted by atomic mass is 35.5. The van der Waals surface area contributed by atoms with Crippen molar-refractivity contribution in [2.24, 2.45) is 0 Å². The number of aliphatic hydroxyl groups excluding tert-OH is 1. The van der Waals surface area contributed by atoms with Crippen molar-refractivity contribution in [3.63, 3.8) is 0 Å². The molecule has 1 unspecified atom stereocenters. The first-order valence-electron chi connectivity index (χ1n) is 4.39. The van der Waals surface area contributed by atoms with Crippen LogP contribution in [0.3, 0.4) is 0 Å². The molecule has 0 aliphatic heterocycles. The molecule has 84 valence electrons. The fourth-order valence-electron chi connectivity index (χ4n) is 1.02. The molecule has 0 aliphatic carbocycles. The molecular weight excluding hydrogens is 255 g/mol. The maximum atomic E-state index is 8.94. The van der Waals surface area contributed by atoms with Crippen LogP contribution in [-0.2, 0) is 0 Å². The molecule has 15 heavy (non-hydrogen) atoms. The average molecular weight is 267 g/mol. The molecule has 2 nitrogen and oxygen atoms in total. The number of benzene rings is 1. The Kier molecular flexibility index (Phi) is 5.06. The zero-order valence-corrected chi connectivity index (χ0v) is 10.8. The van der Waals surface area contributed by atoms with Crippen molar-refractivity contribution in [3.05, 3.63) is 22.2 Å². The van der Waals surface area contributed by atoms with Gasteiger partial charge in [-0.1, -0.05) is 30.1 Å². The van der Waals surface area contributed by atoms with Crippen molar-refractivity contribution in [3.8, 4) is 5.75 Å². The molecule has 0 amide bonds. The molecule has 5 heteroatoms. The van der Waals surface area contributed by atoms with Crippen LogP contribution in [0.25, 0.3) is 0 Å². The predicted octanol–water partition coefficient (Wildman–Crippen LogP) is 3.47. The molecule has 0 saturated carbocycles. The molecule has 0 saturated heterocycles. The lowest BCUT2D eigenvalue weighted by Crippen LogP contribution is -2.01. The Morgan fingerprint density at radius 1 is 1.40 bits per heavy atom. The van der Waals surface area contributed by atoms with Gasteiger partial charge < -0.3 is 9.84 Å². The molecule has 0 bridgehead atoms. The van der Waals surface area contributed by atoms with Crippen LogP contribution in [0.4, 0.5) is 0 Å². The number of aliphatic hydroxyl groups is 1. The highest BCUT2D eigenvalue weighted by Gasteiger charge is 2.12. The molecule has 0 heterocycles. The number of hydrogen-bond acceptors (Lipinski definition) is 3. The predicted molar refractivity (Wildman–Crippen MR) is 65.4 cm³/mol. The fourth-order valence-corrected chi connectivity index (χ4v) is 2.46. The monoisotopic (exact) mass is 266 g/mol. The Morgan fingerprint density at radius 3 is 2.60 bits per heavy atom. The Balaban J connectivity index is 2.96. The minimum Gasteiger partial charge on any atom is -0.495 e. The van der Waals surface area contributed by atoms with Crippen LogP contribution in [0.2, 0.25) is 10.0 Å². The van der Waals surface area contributed by atoms with E-state index in [1.807, 2.05) is 13.0 Å². The van der Waals surface area contributed by atoms with E-state index in [0.29, 0.717) is 15.8 Å². The van der Waals surface area contributed by atoms with Gasteiger partial charge in [0.1, 0.15) is 10.8 Å². The molecule has 1 rings (SSSR count). The topological polar surface area (TPSA) is 29.5 Å². The van der Waals surface area contributed by atoms with Gasteiger partial charge in [-0.25, -0.2) is 0 Å². The summed E-state index contributed by atoms with van der Waals surface area (Å²) in [6.07, 6.45) is 0. The minimum atomic E-state index is 0.0898. The van der Waals surface area contributed by atoms with Gasteiger partial charge in [0.05, 0.1) is 18.7 Å². The van der Waals surface area contributed by atoms with Crippen LogP contribution in [0.1, 0.15) is 6.92 Å². The number of rotatable bonds is 4. The maximum Gasteiger partial charge on any atom is 0.139 e. The highest BCUT2D eigenvalue weighted by Crippen LogP contribution is 2.40. The quantitative estimate of drug-likeness (QED) is 0.847. The van der Waals surface area contributed by atoms with Gasteiger partial charge in [0.25, 0.3) is 0 Å². The van der Waals surface area contributed by atoms with Crippen molar-refractivity contribution in [1.29, 1.82) is 0 Å². The Labute approximate surface area is 104 Å². The van der Waals surface area contributed by atoms with Crippen molar-refractivity contribution in [2.75, 3.05) is 13.7 Å². The normalized spacial score (nSPS) is 12.6. The van der Waals surface area contributed by atoms with Crippen molar-refractivity contribution in [1.82, 2.24) is 0 Å². The second-order valence-corrected chi connectivity index (χ2v) is 5.24. The van der Waals surface area contributed by atoms with E-state index in [0.717, 1.165) is 4.90 Å². The Bertz CT molecular complexity index is 344. The first-order valence-corrected chi connectivity index (χ1v) is 6.03. The van der Waals surface area contributed by atoms with Crippen molar-refractivity contribution in [2.45, 2.75) is 17.1 Å². The molecule has 0 aromatic heterocycles. The zero-order chi connectivity index (χ0) is 11.4. The Morgan fingerprint density at radius 2 is 2.07 bits per heavy atom. The Hall–Kier alpha value is -0.0900. The average Bonchev–Trinajstić information content (AvgIpc) is 2.25. The summed E-state index contributed by atoms with van der Waals surface area (Å²) in [5.74, 6) is 0.558. The van der Waals surface area contributed by atoms with Gasteiger partial charge in [-0.15, -0.1) is 11.8 Å². The van der Waals surface area contributed by atoms with E-state index in [1.54, 1.807) is 13.2 Å². The second kappa shape index (κ2) is 5.85. The van der Waals surface area contributed by atoms with Gasteiger partial charge in [-0.05, 0) is 12.1 Å². The van der Waals surface area contributed by atoms with Gasteiger partial charge in [-0.2, -0.15) is 0 Å². The van der Waals surface area contributed by atoms with E-state index in [1.165, 1.54) is 11.8 Å². The first-order chi connectivity index (χ1) is 7.10. The lowest BCUT2D eigenvalue weighted by atomic mass is 10.3. The summed E-state index contributed by atoms with van der Waals surface area (Å²) < 4.78 is 5.04. The molecule has 1 aromatic rings. The molecule has 0 aliphatic rings. The van der Waals surface area contributed by atoms with Gasteiger partial charge in [0.15, 0.2) is 0 Å². The number of halogens is 2. The molecule has 1 atom stereocenters. The van der Waals surface area contributed by atoms with Gasteiger partial charge in [0.2, 0.25) is 0 Å². The largest absolute Gasteiger partial charge is 0.495 e. The van der Waals surface area contributed by atoms with Crippen molar-refractivity contribution >= 4 is 35.0 Å². The first kappa shape index (κ1) is 13.0. The molecule has 0 spiro atoms. The fraction of sp³-hybridized carbons (Fsp3) is 0.400. The van der Waals surface area contributed by atoms with Crippen LogP contribution < -0.4 is 4.74 Å². The standard InChI is InChI=1S/C10H12Cl2O2S/c1-6(5-13)15-8-4-3-7(14-2)9(11)10(8)12/h3-4,6,13H,5H2,1-2H3. The lowest BCUT2D eigenvalue weighted by Gasteiger charge is -2.12. The summed E-state index contributed by atoms with van der Waals surface area (Å²) in [7, 11) is 1.54. The number of ether oxygens (including phenoxy) is 1. The summed E-state index contributed by atoms with van der Waals surface area (Å²) in [5.41, 5.74) is 0. The minimum absolute atomic E-state index is 0.0898. The van der Waals surface area contributed by atoms with Crippen LogP contribution in [0.5, 0.6) is 5.75 Å². The summed E-state index contributed by atoms with van der Waals surface area (Å²) in [4.78, 5) is 0.851. The number of methoxy groups -OCH3 is 1. The van der Waals surface area contributed by atoms with Gasteiger partial charge in [-0.3, -0.25) is 0 Å². The van der Waals surface area contributed by atoms with Gasteiger partial charge >= 0.3 is 0 Å². The molecular formula is C10H12Cl2O2S. The van der Waals surface area contributed by atoms with Crippen molar-refractivity contribution < 1.29 is 9.84 Å². The third-order valence-electron chi connectivity index (χ3n) is 1.82. The smallest absolute Gasteiger partial charge is 0.139 e. The number of hydrogen-bond donors (Lipinski definition) is 1. The van der Waals surface area contributed by atoms with E-state index < -0.39 is 0 Å². The maximum absolute atomic E-state index is 8.94. The van der Waals surface area contributed by atoms with Crippen LogP contribution in [0, 0.1) is 0 Å². The van der Waals surface area contributed by atoms with E-state index in [2.05, 4.69) is 0 Å². The molecule has 1 N–H and O–H groups in total. The summed E-state index contributed by atoms with van der Waals surface area (Å²) in [5, 5.41) is 9.91. The lowest BCUT2D eigenvalue weighted by molar-refractivity contribution is 0.300. The summed E-state index contributed by atoms with van der Waals surface area (Å²) in [6, 6.07) is 3.60. The third kappa shape index (κ3) is 3.18. The summed E-state index contributed by atoms with van der Waals surface area (Å²) >= 11 is 13.5. The van der Waals surface area contributed by atoms with Gasteiger partial charge in [0, 0.05) is 10.1 Å². The van der Waals surface area contributed by atoms with E-state index >= 15 is 0 Å². The molecule has 0 fully saturated rings. The second-order valence-electron chi connectivity index (χ2n) is 3.00. The molecule has 1 aromatic carbocycles. The summed E-state index contributed by atoms with van der Waals surface area (Å²) in [6.45, 7) is 2.02. The SMILES string of the molecule is COc1ccc(SC(C)CO)c(Cl)c1Cl. The highest BCUT2D eigenvalue weighted by molar-refractivity contribution is 8.00. The van der Waals surface area contributed by atoms with Crippen LogP contribution in [-0.4, -0.2) is 24.1 Å².